The summed E-state index contributed by atoms with van der Waals surface area (Å²) in [5.74, 6) is 0. The first-order valence-electron chi connectivity index (χ1n) is 13.8. The lowest BCUT2D eigenvalue weighted by atomic mass is 10.0. The lowest BCUT2D eigenvalue weighted by Crippen LogP contribution is -2.35. The Labute approximate surface area is 253 Å². The van der Waals surface area contributed by atoms with Crippen LogP contribution in [0.2, 0.25) is 30.7 Å². The number of ether oxygens (including phenoxy) is 4. The third-order valence-corrected chi connectivity index (χ3v) is 9.95. The van der Waals surface area contributed by atoms with Gasteiger partial charge in [-0.3, -0.25) is 4.57 Å². The van der Waals surface area contributed by atoms with Crippen LogP contribution in [0, 0.1) is 0 Å². The minimum absolute atomic E-state index is 0.229. The molecule has 0 saturated carbocycles. The van der Waals surface area contributed by atoms with Crippen LogP contribution in [0.5, 0.6) is 6.01 Å². The number of hydrogen-bond acceptors (Lipinski definition) is 7. The molecule has 216 valence electrons. The molecule has 2 aliphatic rings. The Morgan fingerprint density at radius 1 is 0.976 bits per heavy atom. The van der Waals surface area contributed by atoms with Crippen LogP contribution in [-0.2, 0) is 20.9 Å². The first kappa shape index (κ1) is 28.8. The van der Waals surface area contributed by atoms with E-state index >= 15 is 0 Å². The fourth-order valence-electron chi connectivity index (χ4n) is 5.09. The van der Waals surface area contributed by atoms with E-state index in [2.05, 4.69) is 59.8 Å². The fraction of sp³-hybridized carbons (Fsp3) is 0.400. The van der Waals surface area contributed by atoms with Gasteiger partial charge in [-0.05, 0) is 35.4 Å². The number of aromatic nitrogens is 3. The van der Waals surface area contributed by atoms with Crippen LogP contribution in [-0.4, -0.2) is 72.0 Å². The average Bonchev–Trinajstić information content (AvgIpc) is 3.61. The molecule has 6 rings (SSSR count). The second-order valence-electron chi connectivity index (χ2n) is 11.7. The Balaban J connectivity index is 1.31. The van der Waals surface area contributed by atoms with Crippen molar-refractivity contribution in [3.05, 3.63) is 64.1 Å². The second kappa shape index (κ2) is 11.8. The topological polar surface area (TPSA) is 87.9 Å². The summed E-state index contributed by atoms with van der Waals surface area (Å²) in [7, 11) is -1.26. The lowest BCUT2D eigenvalue weighted by Gasteiger charge is -2.19. The molecular weight excluding hydrogens is 626 g/mol. The van der Waals surface area contributed by atoms with Gasteiger partial charge < -0.3 is 24.1 Å². The first-order valence-corrected chi connectivity index (χ1v) is 18.6. The fourth-order valence-corrected chi connectivity index (χ4v) is 6.37. The van der Waals surface area contributed by atoms with Crippen LogP contribution < -0.4 is 4.74 Å². The molecule has 2 fully saturated rings. The van der Waals surface area contributed by atoms with Crippen molar-refractivity contribution in [2.24, 2.45) is 0 Å². The molecule has 2 aromatic heterocycles. The van der Waals surface area contributed by atoms with Gasteiger partial charge in [0.2, 0.25) is 0 Å². The summed E-state index contributed by atoms with van der Waals surface area (Å²) >= 11 is 10.3. The summed E-state index contributed by atoms with van der Waals surface area (Å²) < 4.78 is 26.9. The number of nitrogens with zero attached hydrogens (tertiary/aromatic N) is 3. The lowest BCUT2D eigenvalue weighted by molar-refractivity contribution is 0.00336. The van der Waals surface area contributed by atoms with Gasteiger partial charge in [0.25, 0.3) is 0 Å². The molecule has 11 heteroatoms. The van der Waals surface area contributed by atoms with Crippen LogP contribution in [0.25, 0.3) is 33.5 Å². The highest BCUT2D eigenvalue weighted by Crippen LogP contribution is 2.35. The molecule has 0 bridgehead atoms. The molecule has 0 radical (unpaired) electrons. The predicted octanol–water partition coefficient (Wildman–Crippen LogP) is 6.40. The Bertz CT molecular complexity index is 1530. The highest BCUT2D eigenvalue weighted by Gasteiger charge is 2.49. The normalized spacial score (nSPS) is 22.4. The van der Waals surface area contributed by atoms with E-state index in [4.69, 9.17) is 40.5 Å². The number of fused-ring (bicyclic) bond motifs is 2. The van der Waals surface area contributed by atoms with Crippen LogP contribution in [0.1, 0.15) is 0 Å². The summed E-state index contributed by atoms with van der Waals surface area (Å²) in [4.78, 5) is 9.71. The third-order valence-electron chi connectivity index (χ3n) is 7.43. The summed E-state index contributed by atoms with van der Waals surface area (Å²) in [6.45, 7) is 8.37. The number of hydrogen-bond donors (Lipinski definition) is 1. The second-order valence-corrected chi connectivity index (χ2v) is 18.7. The van der Waals surface area contributed by atoms with Crippen molar-refractivity contribution in [2.75, 3.05) is 19.8 Å². The Kier molecular flexibility index (Phi) is 8.25. The standard InChI is InChI=1S/C30H33BrClN3O5Si/c1-41(2,3)13-12-37-17-35-29-23(33-30(35)40-25-16-39-27-24(36)15-38-28(25)27)14-22(32)26(34-29)20-6-4-18(5-7-20)19-8-10-21(31)11-9-19/h4-11,14,24-25,27-28,36H,12-13,15-17H2,1-3H3. The maximum Gasteiger partial charge on any atom is 0.301 e. The smallest absolute Gasteiger partial charge is 0.301 e. The molecule has 1 N–H and O–H groups in total. The summed E-state index contributed by atoms with van der Waals surface area (Å²) in [6.07, 6.45) is -1.82. The molecule has 4 aromatic rings. The predicted molar refractivity (Wildman–Crippen MR) is 165 cm³/mol. The van der Waals surface area contributed by atoms with Crippen LogP contribution in [0.15, 0.2) is 59.1 Å². The molecular formula is C30H33BrClN3O5Si. The van der Waals surface area contributed by atoms with Crippen molar-refractivity contribution >= 4 is 46.8 Å². The van der Waals surface area contributed by atoms with Gasteiger partial charge >= 0.3 is 6.01 Å². The number of imidazole rings is 1. The molecule has 8 nitrogen and oxygen atoms in total. The van der Waals surface area contributed by atoms with Crippen molar-refractivity contribution in [1.82, 2.24) is 14.5 Å². The van der Waals surface area contributed by atoms with Gasteiger partial charge in [0, 0.05) is 24.7 Å². The minimum Gasteiger partial charge on any atom is -0.456 e. The van der Waals surface area contributed by atoms with E-state index in [1.165, 1.54) is 0 Å². The van der Waals surface area contributed by atoms with Crippen molar-refractivity contribution in [3.8, 4) is 28.4 Å². The molecule has 0 aliphatic carbocycles. The van der Waals surface area contributed by atoms with Gasteiger partial charge in [0.05, 0.1) is 23.9 Å². The van der Waals surface area contributed by atoms with Crippen LogP contribution in [0.3, 0.4) is 0 Å². The number of halogens is 2. The maximum atomic E-state index is 10.2. The number of aliphatic hydroxyl groups excluding tert-OH is 1. The van der Waals surface area contributed by atoms with Gasteiger partial charge in [-0.2, -0.15) is 4.98 Å². The van der Waals surface area contributed by atoms with E-state index in [9.17, 15) is 5.11 Å². The molecule has 41 heavy (non-hydrogen) atoms. The minimum atomic E-state index is -1.26. The highest BCUT2D eigenvalue weighted by atomic mass is 79.9. The van der Waals surface area contributed by atoms with E-state index in [0.717, 1.165) is 27.2 Å². The van der Waals surface area contributed by atoms with E-state index in [1.54, 1.807) is 0 Å². The Hall–Kier alpha value is -2.31. The number of benzene rings is 2. The van der Waals surface area contributed by atoms with Crippen molar-refractivity contribution < 1.29 is 24.1 Å². The number of aliphatic hydroxyl groups is 1. The van der Waals surface area contributed by atoms with Gasteiger partial charge in [-0.1, -0.05) is 83.6 Å². The SMILES string of the molecule is C[Si](C)(C)CCOCn1c(OC2COC3C(O)COC23)nc2cc(Cl)c(-c3ccc(-c4ccc(Br)cc4)cc3)nc21. The van der Waals surface area contributed by atoms with E-state index in [-0.39, 0.29) is 19.4 Å². The highest BCUT2D eigenvalue weighted by molar-refractivity contribution is 9.10. The monoisotopic (exact) mass is 657 g/mol. The zero-order chi connectivity index (χ0) is 28.7. The molecule has 0 amide bonds. The molecule has 2 aliphatic heterocycles. The van der Waals surface area contributed by atoms with Crippen molar-refractivity contribution in [2.45, 2.75) is 56.8 Å². The molecule has 4 heterocycles. The van der Waals surface area contributed by atoms with Crippen LogP contribution >= 0.6 is 27.5 Å². The third kappa shape index (κ3) is 6.24. The summed E-state index contributed by atoms with van der Waals surface area (Å²) in [6, 6.07) is 19.6. The van der Waals surface area contributed by atoms with Crippen molar-refractivity contribution in [1.29, 1.82) is 0 Å². The number of rotatable bonds is 9. The van der Waals surface area contributed by atoms with E-state index in [0.29, 0.717) is 41.1 Å². The Morgan fingerprint density at radius 3 is 2.34 bits per heavy atom. The van der Waals surface area contributed by atoms with E-state index in [1.807, 2.05) is 34.9 Å². The maximum absolute atomic E-state index is 10.2. The van der Waals surface area contributed by atoms with E-state index < -0.39 is 26.4 Å². The first-order chi connectivity index (χ1) is 19.7. The summed E-state index contributed by atoms with van der Waals surface area (Å²) in [5, 5.41) is 10.7. The molecule has 4 atom stereocenters. The Morgan fingerprint density at radius 2 is 1.63 bits per heavy atom. The van der Waals surface area contributed by atoms with Crippen LogP contribution in [0.4, 0.5) is 0 Å². The summed E-state index contributed by atoms with van der Waals surface area (Å²) in [5.41, 5.74) is 5.01. The van der Waals surface area contributed by atoms with Gasteiger partial charge in [0.1, 0.15) is 30.6 Å². The van der Waals surface area contributed by atoms with Gasteiger partial charge in [-0.15, -0.1) is 0 Å². The molecule has 4 unspecified atom stereocenters. The zero-order valence-electron chi connectivity index (χ0n) is 23.2. The number of pyridine rings is 1. The quantitative estimate of drug-likeness (QED) is 0.165. The molecule has 2 saturated heterocycles. The zero-order valence-corrected chi connectivity index (χ0v) is 26.6. The van der Waals surface area contributed by atoms with Gasteiger partial charge in [0.15, 0.2) is 11.8 Å². The largest absolute Gasteiger partial charge is 0.456 e. The average molecular weight is 659 g/mol. The molecule has 2 aromatic carbocycles. The molecule has 0 spiro atoms. The van der Waals surface area contributed by atoms with Crippen molar-refractivity contribution in [3.63, 3.8) is 0 Å². The van der Waals surface area contributed by atoms with Gasteiger partial charge in [-0.25, -0.2) is 4.98 Å².